The monoisotopic (exact) mass is 183 g/mol. The Labute approximate surface area is 78.5 Å². The van der Waals surface area contributed by atoms with E-state index in [0.29, 0.717) is 18.4 Å². The number of aliphatic hydroxyl groups is 1. The van der Waals surface area contributed by atoms with E-state index in [4.69, 9.17) is 0 Å². The van der Waals surface area contributed by atoms with Gasteiger partial charge in [0.2, 0.25) is 5.91 Å². The van der Waals surface area contributed by atoms with E-state index in [1.807, 2.05) is 0 Å². The van der Waals surface area contributed by atoms with Gasteiger partial charge in [-0.2, -0.15) is 0 Å². The maximum absolute atomic E-state index is 11.2. The standard InChI is InChI=1S/C10H17NO2/c1-6-2-3-8-7(4-6)5-9(12)10(13)11-8/h6-9,12H,2-5H2,1H3,(H,11,13). The van der Waals surface area contributed by atoms with E-state index in [1.54, 1.807) is 0 Å². The lowest BCUT2D eigenvalue weighted by molar-refractivity contribution is -0.135. The van der Waals surface area contributed by atoms with Crippen LogP contribution < -0.4 is 5.32 Å². The highest BCUT2D eigenvalue weighted by Gasteiger charge is 2.37. The zero-order valence-corrected chi connectivity index (χ0v) is 7.99. The van der Waals surface area contributed by atoms with Crippen LogP contribution in [0.3, 0.4) is 0 Å². The molecule has 1 amide bonds. The van der Waals surface area contributed by atoms with Gasteiger partial charge in [-0.1, -0.05) is 6.92 Å². The molecule has 1 aliphatic heterocycles. The highest BCUT2D eigenvalue weighted by atomic mass is 16.3. The molecule has 0 aromatic rings. The number of carbonyl (C=O) groups is 1. The lowest BCUT2D eigenvalue weighted by atomic mass is 9.74. The van der Waals surface area contributed by atoms with Crippen LogP contribution >= 0.6 is 0 Å². The smallest absolute Gasteiger partial charge is 0.249 e. The molecule has 2 N–H and O–H groups in total. The van der Waals surface area contributed by atoms with Crippen molar-refractivity contribution in [2.75, 3.05) is 0 Å². The summed E-state index contributed by atoms with van der Waals surface area (Å²) in [6, 6.07) is 0.340. The fraction of sp³-hybridized carbons (Fsp3) is 0.900. The van der Waals surface area contributed by atoms with Crippen molar-refractivity contribution in [1.29, 1.82) is 0 Å². The summed E-state index contributed by atoms with van der Waals surface area (Å²) >= 11 is 0. The zero-order valence-electron chi connectivity index (χ0n) is 7.99. The first-order valence-corrected chi connectivity index (χ1v) is 5.15. The maximum Gasteiger partial charge on any atom is 0.249 e. The van der Waals surface area contributed by atoms with Crippen LogP contribution in [0.15, 0.2) is 0 Å². The minimum Gasteiger partial charge on any atom is -0.383 e. The first-order chi connectivity index (χ1) is 6.16. The molecule has 2 fully saturated rings. The fourth-order valence-corrected chi connectivity index (χ4v) is 2.62. The Bertz CT molecular complexity index is 217. The number of aliphatic hydroxyl groups excluding tert-OH is 1. The highest BCUT2D eigenvalue weighted by Crippen LogP contribution is 2.34. The quantitative estimate of drug-likeness (QED) is 0.580. The van der Waals surface area contributed by atoms with Gasteiger partial charge in [-0.25, -0.2) is 0 Å². The average Bonchev–Trinajstić information content (AvgIpc) is 2.08. The number of amides is 1. The van der Waals surface area contributed by atoms with Crippen molar-refractivity contribution >= 4 is 5.91 Å². The lowest BCUT2D eigenvalue weighted by Gasteiger charge is -2.40. The molecule has 74 valence electrons. The van der Waals surface area contributed by atoms with Gasteiger partial charge in [0.25, 0.3) is 0 Å². The van der Waals surface area contributed by atoms with Gasteiger partial charge < -0.3 is 10.4 Å². The topological polar surface area (TPSA) is 49.3 Å². The molecule has 2 aliphatic rings. The van der Waals surface area contributed by atoms with Gasteiger partial charge in [0.1, 0.15) is 6.10 Å². The Morgan fingerprint density at radius 1 is 1.38 bits per heavy atom. The molecule has 2 rings (SSSR count). The van der Waals surface area contributed by atoms with Gasteiger partial charge in [-0.05, 0) is 37.5 Å². The summed E-state index contributed by atoms with van der Waals surface area (Å²) in [6.45, 7) is 2.25. The number of rotatable bonds is 0. The molecule has 0 aromatic carbocycles. The van der Waals surface area contributed by atoms with Gasteiger partial charge in [0.05, 0.1) is 0 Å². The normalized spacial score (nSPS) is 45.2. The van der Waals surface area contributed by atoms with Crippen LogP contribution in [0.4, 0.5) is 0 Å². The summed E-state index contributed by atoms with van der Waals surface area (Å²) in [4.78, 5) is 11.2. The van der Waals surface area contributed by atoms with Gasteiger partial charge in [-0.3, -0.25) is 4.79 Å². The second kappa shape index (κ2) is 3.29. The third-order valence-corrected chi connectivity index (χ3v) is 3.40. The third kappa shape index (κ3) is 1.70. The Kier molecular flexibility index (Phi) is 2.28. The van der Waals surface area contributed by atoms with Crippen molar-refractivity contribution in [1.82, 2.24) is 5.32 Å². The Hall–Kier alpha value is -0.570. The van der Waals surface area contributed by atoms with Crippen LogP contribution in [0, 0.1) is 11.8 Å². The Morgan fingerprint density at radius 2 is 2.15 bits per heavy atom. The van der Waals surface area contributed by atoms with Crippen molar-refractivity contribution in [2.24, 2.45) is 11.8 Å². The molecular formula is C10H17NO2. The molecular weight excluding hydrogens is 166 g/mol. The summed E-state index contributed by atoms with van der Waals surface area (Å²) in [5.74, 6) is 1.09. The SMILES string of the molecule is CC1CCC2NC(=O)C(O)CC2C1. The molecule has 13 heavy (non-hydrogen) atoms. The molecule has 1 heterocycles. The first kappa shape index (κ1) is 9.00. The number of fused-ring (bicyclic) bond motifs is 1. The fourth-order valence-electron chi connectivity index (χ4n) is 2.62. The Balaban J connectivity index is 2.02. The van der Waals surface area contributed by atoms with Gasteiger partial charge in [-0.15, -0.1) is 0 Å². The number of piperidine rings is 1. The van der Waals surface area contributed by atoms with E-state index >= 15 is 0 Å². The third-order valence-electron chi connectivity index (χ3n) is 3.40. The molecule has 0 bridgehead atoms. The number of carbonyl (C=O) groups excluding carboxylic acids is 1. The van der Waals surface area contributed by atoms with Crippen LogP contribution in [0.1, 0.15) is 32.6 Å². The van der Waals surface area contributed by atoms with Crippen LogP contribution in [0.5, 0.6) is 0 Å². The highest BCUT2D eigenvalue weighted by molar-refractivity contribution is 5.81. The molecule has 4 unspecified atom stereocenters. The second-order valence-electron chi connectivity index (χ2n) is 4.54. The molecule has 1 aliphatic carbocycles. The van der Waals surface area contributed by atoms with Crippen molar-refractivity contribution in [3.63, 3.8) is 0 Å². The second-order valence-corrected chi connectivity index (χ2v) is 4.54. The van der Waals surface area contributed by atoms with E-state index in [1.165, 1.54) is 6.42 Å². The first-order valence-electron chi connectivity index (χ1n) is 5.15. The molecule has 3 nitrogen and oxygen atoms in total. The average molecular weight is 183 g/mol. The number of hydrogen-bond acceptors (Lipinski definition) is 2. The van der Waals surface area contributed by atoms with Crippen LogP contribution in [-0.2, 0) is 4.79 Å². The number of nitrogens with one attached hydrogen (secondary N) is 1. The summed E-state index contributed by atoms with van der Waals surface area (Å²) in [6.07, 6.45) is 3.36. The van der Waals surface area contributed by atoms with Crippen LogP contribution in [-0.4, -0.2) is 23.2 Å². The predicted molar refractivity (Wildman–Crippen MR) is 49.1 cm³/mol. The molecule has 0 spiro atoms. The van der Waals surface area contributed by atoms with Crippen molar-refractivity contribution in [2.45, 2.75) is 44.8 Å². The minimum atomic E-state index is -0.758. The minimum absolute atomic E-state index is 0.171. The summed E-state index contributed by atoms with van der Waals surface area (Å²) in [7, 11) is 0. The molecule has 1 saturated carbocycles. The van der Waals surface area contributed by atoms with Gasteiger partial charge in [0, 0.05) is 6.04 Å². The largest absolute Gasteiger partial charge is 0.383 e. The van der Waals surface area contributed by atoms with E-state index in [9.17, 15) is 9.90 Å². The van der Waals surface area contributed by atoms with E-state index in [-0.39, 0.29) is 5.91 Å². The van der Waals surface area contributed by atoms with E-state index in [0.717, 1.165) is 18.8 Å². The van der Waals surface area contributed by atoms with Crippen LogP contribution in [0.25, 0.3) is 0 Å². The summed E-state index contributed by atoms with van der Waals surface area (Å²) < 4.78 is 0. The van der Waals surface area contributed by atoms with Crippen molar-refractivity contribution < 1.29 is 9.90 Å². The van der Waals surface area contributed by atoms with Crippen LogP contribution in [0.2, 0.25) is 0 Å². The summed E-state index contributed by atoms with van der Waals surface area (Å²) in [5.41, 5.74) is 0. The molecule has 3 heteroatoms. The predicted octanol–water partition coefficient (Wildman–Crippen LogP) is 0.672. The zero-order chi connectivity index (χ0) is 9.42. The van der Waals surface area contributed by atoms with E-state index in [2.05, 4.69) is 12.2 Å². The Morgan fingerprint density at radius 3 is 2.92 bits per heavy atom. The van der Waals surface area contributed by atoms with Gasteiger partial charge >= 0.3 is 0 Å². The molecule has 0 radical (unpaired) electrons. The van der Waals surface area contributed by atoms with E-state index < -0.39 is 6.10 Å². The van der Waals surface area contributed by atoms with Crippen molar-refractivity contribution in [3.8, 4) is 0 Å². The molecule has 0 aromatic heterocycles. The summed E-state index contributed by atoms with van der Waals surface area (Å²) in [5, 5.41) is 12.3. The number of hydrogen-bond donors (Lipinski definition) is 2. The molecule has 4 atom stereocenters. The van der Waals surface area contributed by atoms with Crippen molar-refractivity contribution in [3.05, 3.63) is 0 Å². The maximum atomic E-state index is 11.2. The van der Waals surface area contributed by atoms with Gasteiger partial charge in [0.15, 0.2) is 0 Å². The lowest BCUT2D eigenvalue weighted by Crippen LogP contribution is -2.53. The molecule has 1 saturated heterocycles.